The largest absolute Gasteiger partial charge is 0.496 e. The Kier molecular flexibility index (Phi) is 5.63. The number of benzene rings is 1. The summed E-state index contributed by atoms with van der Waals surface area (Å²) in [4.78, 5) is 13.0. The van der Waals surface area contributed by atoms with Crippen molar-refractivity contribution in [2.75, 3.05) is 13.7 Å². The van der Waals surface area contributed by atoms with E-state index in [4.69, 9.17) is 4.74 Å². The number of carbonyl (C=O) groups excluding carboxylic acids is 1. The molecule has 1 aromatic heterocycles. The number of urea groups is 1. The number of ether oxygens (including phenoxy) is 1. The fourth-order valence-corrected chi connectivity index (χ4v) is 2.68. The van der Waals surface area contributed by atoms with E-state index in [1.54, 1.807) is 18.4 Å². The first-order valence-electron chi connectivity index (χ1n) is 6.86. The summed E-state index contributed by atoms with van der Waals surface area (Å²) in [5.74, 6) is 0.840. The molecule has 0 spiro atoms. The highest BCUT2D eigenvalue weighted by Gasteiger charge is 2.03. The van der Waals surface area contributed by atoms with Crippen LogP contribution in [-0.2, 0) is 13.0 Å². The van der Waals surface area contributed by atoms with E-state index in [9.17, 15) is 4.79 Å². The number of carbonyl (C=O) groups is 1. The van der Waals surface area contributed by atoms with Crippen LogP contribution in [0.4, 0.5) is 4.79 Å². The van der Waals surface area contributed by atoms with E-state index in [-0.39, 0.29) is 6.03 Å². The zero-order chi connectivity index (χ0) is 15.1. The van der Waals surface area contributed by atoms with Gasteiger partial charge in [0.2, 0.25) is 0 Å². The molecule has 0 bridgehead atoms. The van der Waals surface area contributed by atoms with Gasteiger partial charge in [0, 0.05) is 18.0 Å². The van der Waals surface area contributed by atoms with Crippen molar-refractivity contribution in [2.24, 2.45) is 0 Å². The van der Waals surface area contributed by atoms with Crippen LogP contribution in [0.3, 0.4) is 0 Å². The van der Waals surface area contributed by atoms with Crippen LogP contribution >= 0.6 is 11.3 Å². The zero-order valence-electron chi connectivity index (χ0n) is 12.3. The number of hydrogen-bond acceptors (Lipinski definition) is 3. The Balaban J connectivity index is 1.73. The maximum Gasteiger partial charge on any atom is 0.315 e. The van der Waals surface area contributed by atoms with E-state index in [2.05, 4.69) is 16.7 Å². The number of rotatable bonds is 6. The van der Waals surface area contributed by atoms with Crippen molar-refractivity contribution >= 4 is 17.4 Å². The average molecular weight is 304 g/mol. The molecule has 2 aromatic rings. The molecule has 4 nitrogen and oxygen atoms in total. The molecule has 1 aromatic carbocycles. The van der Waals surface area contributed by atoms with Crippen LogP contribution in [0.15, 0.2) is 35.7 Å². The molecular weight excluding hydrogens is 284 g/mol. The summed E-state index contributed by atoms with van der Waals surface area (Å²) in [5, 5.41) is 7.75. The van der Waals surface area contributed by atoms with Gasteiger partial charge in [-0.25, -0.2) is 4.79 Å². The van der Waals surface area contributed by atoms with Gasteiger partial charge in [-0.3, -0.25) is 0 Å². The Hall–Kier alpha value is -2.01. The fraction of sp³-hybridized carbons (Fsp3) is 0.312. The molecule has 0 unspecified atom stereocenters. The van der Waals surface area contributed by atoms with E-state index in [0.717, 1.165) is 23.3 Å². The summed E-state index contributed by atoms with van der Waals surface area (Å²) >= 11 is 1.70. The molecule has 21 heavy (non-hydrogen) atoms. The third kappa shape index (κ3) is 4.79. The number of methoxy groups -OCH3 is 1. The van der Waals surface area contributed by atoms with Gasteiger partial charge in [0.25, 0.3) is 0 Å². The molecule has 0 aliphatic carbocycles. The van der Waals surface area contributed by atoms with Gasteiger partial charge in [0.05, 0.1) is 7.11 Å². The number of nitrogens with one attached hydrogen (secondary N) is 2. The van der Waals surface area contributed by atoms with Gasteiger partial charge < -0.3 is 15.4 Å². The molecule has 0 aliphatic rings. The van der Waals surface area contributed by atoms with E-state index in [1.807, 2.05) is 36.6 Å². The van der Waals surface area contributed by atoms with E-state index < -0.39 is 0 Å². The Morgan fingerprint density at radius 2 is 2.14 bits per heavy atom. The number of aryl methyl sites for hydroxylation is 1. The third-order valence-corrected chi connectivity index (χ3v) is 4.10. The highest BCUT2D eigenvalue weighted by Crippen LogP contribution is 2.18. The molecule has 1 heterocycles. The molecule has 0 aliphatic heterocycles. The summed E-state index contributed by atoms with van der Waals surface area (Å²) in [6.07, 6.45) is 0.865. The van der Waals surface area contributed by atoms with Gasteiger partial charge in [0.15, 0.2) is 0 Å². The first-order valence-corrected chi connectivity index (χ1v) is 7.74. The minimum absolute atomic E-state index is 0.147. The van der Waals surface area contributed by atoms with Gasteiger partial charge in [-0.1, -0.05) is 18.2 Å². The SMILES string of the molecule is COc1cc(CNC(=O)NCCc2cccs2)ccc1C. The van der Waals surface area contributed by atoms with Crippen LogP contribution in [0, 0.1) is 6.92 Å². The van der Waals surface area contributed by atoms with Crippen LogP contribution in [0.1, 0.15) is 16.0 Å². The summed E-state index contributed by atoms with van der Waals surface area (Å²) in [6, 6.07) is 9.87. The van der Waals surface area contributed by atoms with Crippen molar-refractivity contribution < 1.29 is 9.53 Å². The Bertz CT molecular complexity index is 582. The van der Waals surface area contributed by atoms with Crippen LogP contribution in [0.2, 0.25) is 0 Å². The van der Waals surface area contributed by atoms with Gasteiger partial charge in [-0.15, -0.1) is 11.3 Å². The molecule has 2 rings (SSSR count). The maximum absolute atomic E-state index is 11.7. The Labute approximate surface area is 129 Å². The second-order valence-electron chi connectivity index (χ2n) is 4.74. The van der Waals surface area contributed by atoms with Crippen molar-refractivity contribution in [3.05, 3.63) is 51.7 Å². The first kappa shape index (κ1) is 15.4. The van der Waals surface area contributed by atoms with Gasteiger partial charge >= 0.3 is 6.03 Å². The predicted molar refractivity (Wildman–Crippen MR) is 86.0 cm³/mol. The molecule has 112 valence electrons. The normalized spacial score (nSPS) is 10.2. The van der Waals surface area contributed by atoms with Crippen LogP contribution in [-0.4, -0.2) is 19.7 Å². The van der Waals surface area contributed by atoms with E-state index >= 15 is 0 Å². The highest BCUT2D eigenvalue weighted by atomic mass is 32.1. The molecule has 5 heteroatoms. The van der Waals surface area contributed by atoms with Gasteiger partial charge in [0.1, 0.15) is 5.75 Å². The minimum Gasteiger partial charge on any atom is -0.496 e. The minimum atomic E-state index is -0.147. The second-order valence-corrected chi connectivity index (χ2v) is 5.78. The molecule has 0 radical (unpaired) electrons. The third-order valence-electron chi connectivity index (χ3n) is 3.16. The second kappa shape index (κ2) is 7.69. The van der Waals surface area contributed by atoms with Crippen molar-refractivity contribution in [3.63, 3.8) is 0 Å². The summed E-state index contributed by atoms with van der Waals surface area (Å²) in [6.45, 7) is 3.12. The standard InChI is InChI=1S/C16H20N2O2S/c1-12-5-6-13(10-15(12)20-2)11-18-16(19)17-8-7-14-4-3-9-21-14/h3-6,9-10H,7-8,11H2,1-2H3,(H2,17,18,19). The Morgan fingerprint density at radius 1 is 1.29 bits per heavy atom. The Morgan fingerprint density at radius 3 is 2.86 bits per heavy atom. The van der Waals surface area contributed by atoms with Crippen molar-refractivity contribution in [3.8, 4) is 5.75 Å². The molecule has 0 saturated heterocycles. The van der Waals surface area contributed by atoms with Crippen LogP contribution in [0.5, 0.6) is 5.75 Å². The monoisotopic (exact) mass is 304 g/mol. The molecule has 2 amide bonds. The zero-order valence-corrected chi connectivity index (χ0v) is 13.1. The lowest BCUT2D eigenvalue weighted by Gasteiger charge is -2.10. The van der Waals surface area contributed by atoms with Crippen LogP contribution in [0.25, 0.3) is 0 Å². The summed E-state index contributed by atoms with van der Waals surface area (Å²) in [5.41, 5.74) is 2.10. The van der Waals surface area contributed by atoms with Gasteiger partial charge in [-0.2, -0.15) is 0 Å². The topological polar surface area (TPSA) is 50.4 Å². The lowest BCUT2D eigenvalue weighted by Crippen LogP contribution is -2.36. The summed E-state index contributed by atoms with van der Waals surface area (Å²) < 4.78 is 5.27. The smallest absolute Gasteiger partial charge is 0.315 e. The first-order chi connectivity index (χ1) is 10.2. The summed E-state index contributed by atoms with van der Waals surface area (Å²) in [7, 11) is 1.65. The number of thiophene rings is 1. The molecule has 0 atom stereocenters. The molecular formula is C16H20N2O2S. The fourth-order valence-electron chi connectivity index (χ4n) is 1.97. The van der Waals surface area contributed by atoms with Crippen molar-refractivity contribution in [1.82, 2.24) is 10.6 Å². The predicted octanol–water partition coefficient (Wildman–Crippen LogP) is 3.11. The molecule has 0 fully saturated rings. The van der Waals surface area contributed by atoms with Crippen molar-refractivity contribution in [2.45, 2.75) is 19.9 Å². The average Bonchev–Trinajstić information content (AvgIpc) is 2.99. The van der Waals surface area contributed by atoms with Gasteiger partial charge in [-0.05, 0) is 42.0 Å². The lowest BCUT2D eigenvalue weighted by atomic mass is 10.1. The quantitative estimate of drug-likeness (QED) is 0.861. The number of amides is 2. The maximum atomic E-state index is 11.7. The number of hydrogen-bond donors (Lipinski definition) is 2. The van der Waals surface area contributed by atoms with Crippen molar-refractivity contribution in [1.29, 1.82) is 0 Å². The highest BCUT2D eigenvalue weighted by molar-refractivity contribution is 7.09. The molecule has 0 saturated carbocycles. The molecule has 2 N–H and O–H groups in total. The van der Waals surface area contributed by atoms with Crippen LogP contribution < -0.4 is 15.4 Å². The lowest BCUT2D eigenvalue weighted by molar-refractivity contribution is 0.240. The van der Waals surface area contributed by atoms with E-state index in [0.29, 0.717) is 13.1 Å². The van der Waals surface area contributed by atoms with E-state index in [1.165, 1.54) is 4.88 Å².